The third-order valence-corrected chi connectivity index (χ3v) is 14.0. The van der Waals surface area contributed by atoms with Crippen LogP contribution in [0.3, 0.4) is 0 Å². The molecule has 0 radical (unpaired) electrons. The van der Waals surface area contributed by atoms with Gasteiger partial charge in [0.05, 0.1) is 78.9 Å². The van der Waals surface area contributed by atoms with Gasteiger partial charge in [0.25, 0.3) is 0 Å². The number of aromatic carboxylic acids is 3. The van der Waals surface area contributed by atoms with Gasteiger partial charge in [-0.15, -0.1) is 0 Å². The molecule has 0 fully saturated rings. The summed E-state index contributed by atoms with van der Waals surface area (Å²) >= 11 is 21.1. The van der Waals surface area contributed by atoms with Gasteiger partial charge in [-0.1, -0.05) is 62.9 Å². The van der Waals surface area contributed by atoms with E-state index in [9.17, 15) is 44.7 Å². The molecule has 3 heterocycles. The molecule has 25 heteroatoms. The Bertz CT molecular complexity index is 2880. The topological polar surface area (TPSA) is 265 Å². The molecule has 1 aliphatic heterocycles. The number of halogens is 4. The molecule has 3 aromatic carbocycles. The van der Waals surface area contributed by atoms with Crippen LogP contribution in [0.25, 0.3) is 0 Å². The van der Waals surface area contributed by atoms with Gasteiger partial charge in [0.1, 0.15) is 0 Å². The Morgan fingerprint density at radius 3 is 1.29 bits per heavy atom. The number of rotatable bonds is 11. The molecule has 0 saturated carbocycles. The monoisotopic (exact) mass is 1090 g/mol. The predicted molar refractivity (Wildman–Crippen MR) is 245 cm³/mol. The van der Waals surface area contributed by atoms with E-state index in [4.69, 9.17) is 45.0 Å². The smallest absolute Gasteiger partial charge is 0.545 e. The van der Waals surface area contributed by atoms with Gasteiger partial charge in [0, 0.05) is 65.0 Å². The van der Waals surface area contributed by atoms with Crippen LogP contribution in [0.1, 0.15) is 67.2 Å². The van der Waals surface area contributed by atoms with Crippen molar-refractivity contribution >= 4 is 104 Å². The minimum Gasteiger partial charge on any atom is -0.545 e. The van der Waals surface area contributed by atoms with Crippen LogP contribution >= 0.6 is 50.7 Å². The molecule has 344 valence electrons. The molecule has 0 atom stereocenters. The zero-order chi connectivity index (χ0) is 48.5. The van der Waals surface area contributed by atoms with Crippen LogP contribution in [-0.4, -0.2) is 104 Å². The van der Waals surface area contributed by atoms with Gasteiger partial charge in [0.2, 0.25) is 0 Å². The van der Waals surface area contributed by atoms with Crippen molar-refractivity contribution in [2.45, 2.75) is 53.9 Å². The first-order valence-electron chi connectivity index (χ1n) is 18.0. The number of alkyl halides is 1. The van der Waals surface area contributed by atoms with E-state index in [2.05, 4.69) is 44.1 Å². The second kappa shape index (κ2) is 24.2. The summed E-state index contributed by atoms with van der Waals surface area (Å²) in [5.74, 6) is -3.86. The number of benzene rings is 3. The van der Waals surface area contributed by atoms with Crippen LogP contribution in [0, 0.1) is 13.8 Å². The fraction of sp³-hybridized carbons (Fsp3) is 0.250. The molecular weight excluding hydrogens is 1050 g/mol. The SMILES string of the molecule is CC1=CCN=C1.CS(=O)(=O)c1ccc(C(=O)O)c(Cl)c1CBr.Cc1cnn(Cc2c(S(C)(=O)=O)ccc(C(=O)O)c2Cl)c1.Cc1cnn(Cc2c(S(C)(=O)=O)ccc(C(=O)[O-])c2Cl)c1.[H+].[Na+]. The van der Waals surface area contributed by atoms with Crippen LogP contribution in [-0.2, 0) is 47.9 Å². The number of hydrogen-bond acceptors (Lipinski definition) is 13. The number of aliphatic imine (C=N–C) groups is 1. The number of sulfone groups is 3. The van der Waals surface area contributed by atoms with Gasteiger partial charge in [0.15, 0.2) is 29.5 Å². The summed E-state index contributed by atoms with van der Waals surface area (Å²) in [5.41, 5.74) is 3.27. The van der Waals surface area contributed by atoms with Crippen LogP contribution in [0.4, 0.5) is 0 Å². The van der Waals surface area contributed by atoms with Gasteiger partial charge in [-0.3, -0.25) is 14.4 Å². The number of aromatic nitrogens is 4. The zero-order valence-corrected chi connectivity index (χ0v) is 44.0. The van der Waals surface area contributed by atoms with Gasteiger partial charge < -0.3 is 20.1 Å². The van der Waals surface area contributed by atoms with E-state index in [1.165, 1.54) is 45.3 Å². The van der Waals surface area contributed by atoms with Crippen LogP contribution in [0.2, 0.25) is 15.1 Å². The summed E-state index contributed by atoms with van der Waals surface area (Å²) in [4.78, 5) is 36.9. The minimum atomic E-state index is -3.55. The molecule has 0 unspecified atom stereocenters. The average molecular weight is 1090 g/mol. The van der Waals surface area contributed by atoms with Crippen molar-refractivity contribution in [3.05, 3.63) is 132 Å². The second-order valence-electron chi connectivity index (χ2n) is 13.9. The van der Waals surface area contributed by atoms with Crippen molar-refractivity contribution in [2.24, 2.45) is 4.99 Å². The number of nitrogens with zero attached hydrogens (tertiary/aromatic N) is 5. The van der Waals surface area contributed by atoms with Crippen molar-refractivity contribution < 1.29 is 85.9 Å². The summed E-state index contributed by atoms with van der Waals surface area (Å²) in [5, 5.41) is 37.0. The normalized spacial score (nSPS) is 12.0. The summed E-state index contributed by atoms with van der Waals surface area (Å²) in [6.07, 6.45) is 13.8. The third kappa shape index (κ3) is 16.1. The molecule has 65 heavy (non-hydrogen) atoms. The van der Waals surface area contributed by atoms with E-state index in [0.717, 1.165) is 42.5 Å². The molecule has 2 N–H and O–H groups in total. The Labute approximate surface area is 422 Å². The summed E-state index contributed by atoms with van der Waals surface area (Å²) in [6.45, 7) is 6.76. The predicted octanol–water partition coefficient (Wildman–Crippen LogP) is 3.13. The van der Waals surface area contributed by atoms with Gasteiger partial charge >= 0.3 is 42.9 Å². The number of carbonyl (C=O) groups is 3. The van der Waals surface area contributed by atoms with E-state index < -0.39 is 47.4 Å². The molecule has 6 rings (SSSR count). The van der Waals surface area contributed by atoms with Crippen LogP contribution in [0.15, 0.2) is 92.5 Å². The number of allylic oxidation sites excluding steroid dienone is 1. The molecule has 0 aliphatic carbocycles. The Kier molecular flexibility index (Phi) is 21.3. The maximum absolute atomic E-state index is 11.8. The van der Waals surface area contributed by atoms with Gasteiger partial charge in [-0.25, -0.2) is 34.8 Å². The molecule has 2 aromatic heterocycles. The number of carbonyl (C=O) groups excluding carboxylic acids is 1. The fourth-order valence-corrected chi connectivity index (χ4v) is 10.4. The summed E-state index contributed by atoms with van der Waals surface area (Å²) in [7, 11) is -10.5. The number of aryl methyl sites for hydroxylation is 2. The quantitative estimate of drug-likeness (QED) is 0.142. The first-order chi connectivity index (χ1) is 29.6. The average Bonchev–Trinajstić information content (AvgIpc) is 3.94. The zero-order valence-electron chi connectivity index (χ0n) is 36.7. The van der Waals surface area contributed by atoms with Crippen LogP contribution in [0.5, 0.6) is 0 Å². The first-order valence-corrected chi connectivity index (χ1v) is 25.9. The molecule has 17 nitrogen and oxygen atoms in total. The first kappa shape index (κ1) is 57.2. The summed E-state index contributed by atoms with van der Waals surface area (Å²) < 4.78 is 73.2. The van der Waals surface area contributed by atoms with E-state index >= 15 is 0 Å². The molecular formula is C40H41BrCl3N5NaO12S3+. The third-order valence-electron chi connectivity index (χ3n) is 8.59. The maximum atomic E-state index is 11.8. The molecule has 5 aromatic rings. The van der Waals surface area contributed by atoms with E-state index in [0.29, 0.717) is 0 Å². The van der Waals surface area contributed by atoms with E-state index in [1.807, 2.05) is 20.1 Å². The maximum Gasteiger partial charge on any atom is 1.00 e. The number of carboxylic acid groups (broad SMARTS) is 3. The molecule has 0 bridgehead atoms. The van der Waals surface area contributed by atoms with E-state index in [1.54, 1.807) is 24.8 Å². The number of hydrogen-bond donors (Lipinski definition) is 2. The second-order valence-corrected chi connectivity index (χ2v) is 21.6. The Balaban J connectivity index is 0.000000461. The molecule has 1 aliphatic rings. The van der Waals surface area contributed by atoms with Crippen molar-refractivity contribution in [1.82, 2.24) is 19.6 Å². The van der Waals surface area contributed by atoms with Crippen molar-refractivity contribution in [2.75, 3.05) is 25.3 Å². The largest absolute Gasteiger partial charge is 1.00 e. The van der Waals surface area contributed by atoms with Crippen LogP contribution < -0.4 is 34.7 Å². The molecule has 0 saturated heterocycles. The van der Waals surface area contributed by atoms with Gasteiger partial charge in [-0.05, 0) is 67.8 Å². The van der Waals surface area contributed by atoms with E-state index in [-0.39, 0.29) is 113 Å². The summed E-state index contributed by atoms with van der Waals surface area (Å²) in [6, 6.07) is 7.24. The van der Waals surface area contributed by atoms with Crippen molar-refractivity contribution in [3.63, 3.8) is 0 Å². The minimum absolute atomic E-state index is 0. The Morgan fingerprint density at radius 1 is 0.677 bits per heavy atom. The van der Waals surface area contributed by atoms with Gasteiger partial charge in [-0.2, -0.15) is 10.2 Å². The Morgan fingerprint density at radius 2 is 1.03 bits per heavy atom. The molecule has 0 spiro atoms. The Hall–Kier alpha value is -3.90. The number of carboxylic acids is 3. The van der Waals surface area contributed by atoms with Crippen molar-refractivity contribution in [1.29, 1.82) is 0 Å². The molecule has 0 amide bonds. The van der Waals surface area contributed by atoms with Crippen molar-refractivity contribution in [3.8, 4) is 0 Å². The fourth-order valence-electron chi connectivity index (χ4n) is 5.64. The standard InChI is InChI=1S/2C13H13ClN2O4S.C9H8BrClO4S.C5H7N.Na/c2*1-8-5-15-16(6-8)7-10-11(21(2,19)20)4-3-9(12(10)14)13(17)18;1-16(14,15)7-3-2-5(9(12)13)8(11)6(7)4-10;1-5-2-3-6-4-5;/h2*3-6H,7H2,1-2H3,(H,17,18);2-3H,4H2,1H3,(H,12,13);2,4H,3H2,1H3;/q;;;;+1.